The van der Waals surface area contributed by atoms with Gasteiger partial charge in [-0.05, 0) is 23.6 Å². The largest absolute Gasteiger partial charge is 0.481 e. The summed E-state index contributed by atoms with van der Waals surface area (Å²) in [5.41, 5.74) is 6.51. The second-order valence-corrected chi connectivity index (χ2v) is 4.83. The van der Waals surface area contributed by atoms with Crippen LogP contribution in [0.3, 0.4) is 0 Å². The molecule has 0 spiro atoms. The molecule has 0 aromatic carbocycles. The van der Waals surface area contributed by atoms with Gasteiger partial charge >= 0.3 is 17.9 Å². The number of nitrogens with two attached hydrogens (primary N) is 1. The van der Waals surface area contributed by atoms with Crippen molar-refractivity contribution in [2.45, 2.75) is 13.3 Å². The Labute approximate surface area is 131 Å². The number of hydrogen-bond donors (Lipinski definition) is 3. The lowest BCUT2D eigenvalue weighted by Crippen LogP contribution is -2.08. The number of carbonyl (C=O) groups is 3. The Morgan fingerprint density at radius 3 is 2.09 bits per heavy atom. The fourth-order valence-corrected chi connectivity index (χ4v) is 2.41. The summed E-state index contributed by atoms with van der Waals surface area (Å²) >= 11 is 0. The molecule has 0 unspecified atom stereocenters. The van der Waals surface area contributed by atoms with Gasteiger partial charge in [-0.15, -0.1) is 0 Å². The van der Waals surface area contributed by atoms with E-state index in [1.54, 1.807) is 6.92 Å². The summed E-state index contributed by atoms with van der Waals surface area (Å²) in [4.78, 5) is 34.4. The molecule has 0 amide bonds. The van der Waals surface area contributed by atoms with Gasteiger partial charge in [-0.3, -0.25) is 4.79 Å². The van der Waals surface area contributed by atoms with Crippen LogP contribution in [0, 0.1) is 0 Å². The number of aromatic carboxylic acids is 1. The van der Waals surface area contributed by atoms with E-state index in [2.05, 4.69) is 0 Å². The van der Waals surface area contributed by atoms with Gasteiger partial charge in [0, 0.05) is 0 Å². The van der Waals surface area contributed by atoms with Gasteiger partial charge in [0.05, 0.1) is 29.8 Å². The fourth-order valence-electron chi connectivity index (χ4n) is 2.41. The van der Waals surface area contributed by atoms with E-state index in [9.17, 15) is 19.5 Å². The molecule has 0 fully saturated rings. The zero-order chi connectivity index (χ0) is 17.1. The first-order chi connectivity index (χ1) is 10.9. The minimum absolute atomic E-state index is 0.0169. The molecular formula is C16H15NO6. The third-order valence-corrected chi connectivity index (χ3v) is 3.34. The number of hydrogen-bond acceptors (Lipinski definition) is 5. The normalized spacial score (nSPS) is 10.5. The van der Waals surface area contributed by atoms with E-state index >= 15 is 0 Å². The second-order valence-electron chi connectivity index (χ2n) is 4.83. The summed E-state index contributed by atoms with van der Waals surface area (Å²) in [7, 11) is 0. The van der Waals surface area contributed by atoms with Crippen molar-refractivity contribution >= 4 is 23.6 Å². The minimum Gasteiger partial charge on any atom is -0.481 e. The van der Waals surface area contributed by atoms with Crippen LogP contribution < -0.4 is 5.73 Å². The lowest BCUT2D eigenvalue weighted by Gasteiger charge is -2.02. The van der Waals surface area contributed by atoms with Crippen LogP contribution in [-0.2, 0) is 16.0 Å². The van der Waals surface area contributed by atoms with Crippen molar-refractivity contribution in [1.82, 2.24) is 0 Å². The Hall–Kier alpha value is -3.09. The minimum atomic E-state index is -1.27. The number of esters is 1. The van der Waals surface area contributed by atoms with Gasteiger partial charge in [-0.1, -0.05) is 24.3 Å². The Kier molecular flexibility index (Phi) is 4.49. The van der Waals surface area contributed by atoms with Crippen molar-refractivity contribution in [3.8, 4) is 11.1 Å². The van der Waals surface area contributed by atoms with Crippen molar-refractivity contribution < 1.29 is 29.3 Å². The summed E-state index contributed by atoms with van der Waals surface area (Å²) in [6, 6.07) is 5.96. The number of fused-ring (bicyclic) bond motifs is 1. The molecule has 0 aromatic rings. The lowest BCUT2D eigenvalue weighted by molar-refractivity contribution is -0.136. The molecule has 23 heavy (non-hydrogen) atoms. The summed E-state index contributed by atoms with van der Waals surface area (Å²) in [6.45, 7) is 1.75. The third-order valence-electron chi connectivity index (χ3n) is 3.34. The highest BCUT2D eigenvalue weighted by Gasteiger charge is 2.29. The number of rotatable bonds is 5. The highest BCUT2D eigenvalue weighted by Crippen LogP contribution is 2.39. The molecule has 2 aliphatic rings. The topological polar surface area (TPSA) is 127 Å². The molecule has 4 N–H and O–H groups in total. The average Bonchev–Trinajstić information content (AvgIpc) is 2.59. The van der Waals surface area contributed by atoms with Crippen LogP contribution in [0.15, 0.2) is 24.3 Å². The maximum Gasteiger partial charge on any atom is 0.340 e. The maximum absolute atomic E-state index is 12.1. The molecule has 0 aliphatic heterocycles. The molecule has 2 aliphatic carbocycles. The molecule has 0 saturated carbocycles. The van der Waals surface area contributed by atoms with Gasteiger partial charge in [0.1, 0.15) is 0 Å². The van der Waals surface area contributed by atoms with E-state index in [0.717, 1.165) is 0 Å². The van der Waals surface area contributed by atoms with E-state index in [1.165, 1.54) is 24.3 Å². The molecule has 0 saturated heterocycles. The van der Waals surface area contributed by atoms with Crippen molar-refractivity contribution in [3.63, 3.8) is 0 Å². The molecular weight excluding hydrogens is 302 g/mol. The maximum atomic E-state index is 12.1. The molecule has 2 rings (SSSR count). The number of anilines is 1. The third kappa shape index (κ3) is 3.08. The molecule has 0 aromatic heterocycles. The van der Waals surface area contributed by atoms with Crippen LogP contribution >= 0.6 is 0 Å². The van der Waals surface area contributed by atoms with Gasteiger partial charge in [-0.2, -0.15) is 0 Å². The predicted molar refractivity (Wildman–Crippen MR) is 81.7 cm³/mol. The number of aliphatic carboxylic acids is 1. The van der Waals surface area contributed by atoms with E-state index in [1.807, 2.05) is 0 Å². The Morgan fingerprint density at radius 2 is 1.61 bits per heavy atom. The number of nitrogen functional groups attached to an aromatic ring is 1. The zero-order valence-electron chi connectivity index (χ0n) is 12.3. The van der Waals surface area contributed by atoms with E-state index < -0.39 is 17.9 Å². The zero-order valence-corrected chi connectivity index (χ0v) is 12.3. The number of carboxylic acids is 2. The van der Waals surface area contributed by atoms with Gasteiger partial charge in [-0.25, -0.2) is 9.59 Å². The number of ether oxygens (including phenoxy) is 1. The number of carboxylic acid groups (broad SMARTS) is 2. The van der Waals surface area contributed by atoms with Gasteiger partial charge in [0.25, 0.3) is 0 Å². The quantitative estimate of drug-likeness (QED) is 0.718. The Morgan fingerprint density at radius 1 is 1.04 bits per heavy atom. The number of carbonyl (C=O) groups excluding carboxylic acids is 1. The molecule has 0 heterocycles. The summed E-state index contributed by atoms with van der Waals surface area (Å²) in [5, 5.41) is 18.2. The van der Waals surface area contributed by atoms with Crippen LogP contribution in [0.25, 0.3) is 11.1 Å². The fraction of sp³-hybridized carbons (Fsp3) is 0.188. The highest BCUT2D eigenvalue weighted by molar-refractivity contribution is 6.14. The molecule has 7 heteroatoms. The van der Waals surface area contributed by atoms with Crippen LogP contribution in [0.5, 0.6) is 0 Å². The Bertz CT molecular complexity index is 768. The van der Waals surface area contributed by atoms with Crippen LogP contribution in [0.1, 0.15) is 33.2 Å². The van der Waals surface area contributed by atoms with Gasteiger partial charge in [0.15, 0.2) is 0 Å². The predicted octanol–water partition coefficient (Wildman–Crippen LogP) is 1.88. The molecule has 0 bridgehead atoms. The van der Waals surface area contributed by atoms with E-state index in [-0.39, 0.29) is 35.4 Å². The van der Waals surface area contributed by atoms with Crippen molar-refractivity contribution in [3.05, 3.63) is 41.0 Å². The van der Waals surface area contributed by atoms with Gasteiger partial charge < -0.3 is 20.7 Å². The molecule has 0 atom stereocenters. The highest BCUT2D eigenvalue weighted by atomic mass is 16.5. The Balaban J connectivity index is 2.71. The second kappa shape index (κ2) is 6.35. The van der Waals surface area contributed by atoms with Crippen LogP contribution in [-0.4, -0.2) is 34.7 Å². The van der Waals surface area contributed by atoms with Crippen molar-refractivity contribution in [2.24, 2.45) is 0 Å². The van der Waals surface area contributed by atoms with Crippen molar-refractivity contribution in [2.75, 3.05) is 12.3 Å². The summed E-state index contributed by atoms with van der Waals surface area (Å²) in [6.07, 6.45) is -0.218. The summed E-state index contributed by atoms with van der Waals surface area (Å²) < 4.78 is 4.93. The first kappa shape index (κ1) is 16.3. The first-order valence-corrected chi connectivity index (χ1v) is 6.83. The summed E-state index contributed by atoms with van der Waals surface area (Å²) in [5.74, 6) is -3.00. The van der Waals surface area contributed by atoms with E-state index in [0.29, 0.717) is 11.1 Å². The lowest BCUT2D eigenvalue weighted by atomic mass is 10.1. The van der Waals surface area contributed by atoms with Crippen LogP contribution in [0.2, 0.25) is 0 Å². The van der Waals surface area contributed by atoms with Crippen LogP contribution in [0.4, 0.5) is 5.69 Å². The first-order valence-electron chi connectivity index (χ1n) is 6.83. The van der Waals surface area contributed by atoms with Gasteiger partial charge in [0.2, 0.25) is 0 Å². The monoisotopic (exact) mass is 317 g/mol. The SMILES string of the molecule is CCOC(=O)c1c2ccc(CC(=O)O)ccc-2c(C(=O)O)c1N. The van der Waals surface area contributed by atoms with E-state index in [4.69, 9.17) is 15.6 Å². The standard InChI is InChI=1S/C16H15NO6/c1-2-23-16(22)13-10-6-4-8(7-11(18)19)3-5-9(10)12(14(13)17)15(20)21/h3-6H,2,7,17H2,1H3,(H,18,19)(H,20,21). The smallest absolute Gasteiger partial charge is 0.340 e. The average molecular weight is 317 g/mol. The molecule has 120 valence electrons. The molecule has 0 radical (unpaired) electrons. The molecule has 7 nitrogen and oxygen atoms in total. The van der Waals surface area contributed by atoms with Crippen molar-refractivity contribution in [1.29, 1.82) is 0 Å².